The van der Waals surface area contributed by atoms with Crippen LogP contribution in [0.2, 0.25) is 0 Å². The third-order valence-corrected chi connectivity index (χ3v) is 7.94. The summed E-state index contributed by atoms with van der Waals surface area (Å²) in [5.74, 6) is -0.0886. The number of amides is 1. The summed E-state index contributed by atoms with van der Waals surface area (Å²) in [6.07, 6.45) is 1.19. The van der Waals surface area contributed by atoms with Crippen LogP contribution in [0.5, 0.6) is 0 Å². The molecule has 0 aliphatic carbocycles. The molecule has 0 spiro atoms. The summed E-state index contributed by atoms with van der Waals surface area (Å²) < 4.78 is 27.7. The summed E-state index contributed by atoms with van der Waals surface area (Å²) in [5, 5.41) is 9.41. The number of sulfonamides is 1. The Morgan fingerprint density at radius 3 is 2.59 bits per heavy atom. The summed E-state index contributed by atoms with van der Waals surface area (Å²) in [6.45, 7) is 0.940. The van der Waals surface area contributed by atoms with Gasteiger partial charge in [0.15, 0.2) is 0 Å². The molecule has 4 rings (SSSR count). The van der Waals surface area contributed by atoms with Gasteiger partial charge in [0.05, 0.1) is 17.5 Å². The summed E-state index contributed by atoms with van der Waals surface area (Å²) in [4.78, 5) is 26.3. The molecule has 3 heterocycles. The number of piperidine rings is 1. The number of benzene rings is 1. The lowest BCUT2D eigenvalue weighted by molar-refractivity contribution is -0.131. The highest BCUT2D eigenvalue weighted by Crippen LogP contribution is 2.20. The van der Waals surface area contributed by atoms with Crippen LogP contribution in [0.4, 0.5) is 0 Å². The van der Waals surface area contributed by atoms with E-state index in [1.165, 1.54) is 11.3 Å². The number of hydrogen-bond acceptors (Lipinski definition) is 6. The number of aromatic nitrogens is 2. The first kappa shape index (κ1) is 19.7. The second kappa shape index (κ2) is 8.05. The zero-order valence-electron chi connectivity index (χ0n) is 15.5. The molecule has 1 aromatic carbocycles. The molecule has 0 saturated carbocycles. The van der Waals surface area contributed by atoms with Crippen LogP contribution in [-0.4, -0.2) is 48.6 Å². The van der Waals surface area contributed by atoms with Gasteiger partial charge in [-0.05, 0) is 30.4 Å². The van der Waals surface area contributed by atoms with Gasteiger partial charge in [0.1, 0.15) is 4.21 Å². The molecule has 29 heavy (non-hydrogen) atoms. The van der Waals surface area contributed by atoms with E-state index in [1.807, 2.05) is 6.07 Å². The molecular weight excluding hydrogens is 412 g/mol. The molecule has 0 atom stereocenters. The molecule has 1 aliphatic rings. The van der Waals surface area contributed by atoms with Gasteiger partial charge in [-0.15, -0.1) is 11.3 Å². The number of aromatic amines is 1. The predicted molar refractivity (Wildman–Crippen MR) is 110 cm³/mol. The molecule has 1 aliphatic heterocycles. The van der Waals surface area contributed by atoms with E-state index in [2.05, 4.69) is 14.9 Å². The minimum atomic E-state index is -3.51. The number of H-pyrrole nitrogens is 1. The fourth-order valence-corrected chi connectivity index (χ4v) is 5.82. The monoisotopic (exact) mass is 432 g/mol. The minimum absolute atomic E-state index is 0.0862. The van der Waals surface area contributed by atoms with Crippen LogP contribution in [0.25, 0.3) is 10.8 Å². The van der Waals surface area contributed by atoms with Crippen molar-refractivity contribution in [1.29, 1.82) is 0 Å². The Morgan fingerprint density at radius 1 is 1.17 bits per heavy atom. The van der Waals surface area contributed by atoms with Crippen LogP contribution >= 0.6 is 11.3 Å². The quantitative estimate of drug-likeness (QED) is 0.634. The molecular formula is C19H20N4O4S2. The Hall–Kier alpha value is -2.56. The third-order valence-electron chi connectivity index (χ3n) is 5.02. The highest BCUT2D eigenvalue weighted by molar-refractivity contribution is 7.91. The number of hydrogen-bond donors (Lipinski definition) is 2. The first-order valence-electron chi connectivity index (χ1n) is 9.24. The van der Waals surface area contributed by atoms with Gasteiger partial charge in [-0.3, -0.25) is 9.59 Å². The zero-order chi connectivity index (χ0) is 20.4. The lowest BCUT2D eigenvalue weighted by Gasteiger charge is -2.32. The molecule has 0 bridgehead atoms. The Kier molecular flexibility index (Phi) is 5.48. The van der Waals surface area contributed by atoms with Crippen LogP contribution < -0.4 is 10.3 Å². The fourth-order valence-electron chi connectivity index (χ4n) is 3.50. The second-order valence-corrected chi connectivity index (χ2v) is 9.82. The average molecular weight is 433 g/mol. The Morgan fingerprint density at radius 2 is 1.90 bits per heavy atom. The number of likely N-dealkylation sites (tertiary alicyclic amines) is 1. The average Bonchev–Trinajstić information content (AvgIpc) is 3.27. The van der Waals surface area contributed by atoms with Crippen molar-refractivity contribution in [3.8, 4) is 0 Å². The van der Waals surface area contributed by atoms with Crippen LogP contribution in [0, 0.1) is 0 Å². The maximum atomic E-state index is 12.7. The van der Waals surface area contributed by atoms with E-state index >= 15 is 0 Å². The molecule has 2 aromatic heterocycles. The van der Waals surface area contributed by atoms with Gasteiger partial charge in [-0.25, -0.2) is 18.2 Å². The molecule has 1 fully saturated rings. The summed E-state index contributed by atoms with van der Waals surface area (Å²) in [5.41, 5.74) is 0.251. The van der Waals surface area contributed by atoms with Gasteiger partial charge in [0, 0.05) is 24.5 Å². The van der Waals surface area contributed by atoms with E-state index in [9.17, 15) is 18.0 Å². The SMILES string of the molecule is O=C(Cc1n[nH]c(=O)c2ccccc12)N1CCC(NS(=O)(=O)c2cccs2)CC1. The first-order chi connectivity index (χ1) is 13.9. The van der Waals surface area contributed by atoms with Gasteiger partial charge in [0.2, 0.25) is 15.9 Å². The molecule has 10 heteroatoms. The molecule has 2 N–H and O–H groups in total. The zero-order valence-corrected chi connectivity index (χ0v) is 17.1. The molecule has 1 amide bonds. The normalized spacial score (nSPS) is 15.7. The molecule has 0 radical (unpaired) electrons. The van der Waals surface area contributed by atoms with Crippen molar-refractivity contribution < 1.29 is 13.2 Å². The summed E-state index contributed by atoms with van der Waals surface area (Å²) >= 11 is 1.18. The fraction of sp³-hybridized carbons (Fsp3) is 0.316. The lowest BCUT2D eigenvalue weighted by Crippen LogP contribution is -2.46. The highest BCUT2D eigenvalue weighted by Gasteiger charge is 2.27. The van der Waals surface area contributed by atoms with E-state index < -0.39 is 10.0 Å². The number of carbonyl (C=O) groups is 1. The van der Waals surface area contributed by atoms with Crippen molar-refractivity contribution >= 4 is 38.0 Å². The van der Waals surface area contributed by atoms with Gasteiger partial charge in [-0.2, -0.15) is 5.10 Å². The maximum Gasteiger partial charge on any atom is 0.272 e. The second-order valence-electron chi connectivity index (χ2n) is 6.93. The van der Waals surface area contributed by atoms with Crippen molar-refractivity contribution in [3.05, 3.63) is 57.8 Å². The Labute approximate surface area is 171 Å². The lowest BCUT2D eigenvalue weighted by atomic mass is 10.0. The van der Waals surface area contributed by atoms with E-state index in [-0.39, 0.29) is 23.9 Å². The van der Waals surface area contributed by atoms with Crippen molar-refractivity contribution in [3.63, 3.8) is 0 Å². The summed E-state index contributed by atoms with van der Waals surface area (Å²) in [7, 11) is -3.51. The molecule has 3 aromatic rings. The van der Waals surface area contributed by atoms with Crippen LogP contribution in [0.15, 0.2) is 50.8 Å². The van der Waals surface area contributed by atoms with Crippen molar-refractivity contribution in [1.82, 2.24) is 19.8 Å². The maximum absolute atomic E-state index is 12.7. The molecule has 0 unspecified atom stereocenters. The van der Waals surface area contributed by atoms with Crippen LogP contribution in [0.1, 0.15) is 18.5 Å². The van der Waals surface area contributed by atoms with Crippen molar-refractivity contribution in [2.75, 3.05) is 13.1 Å². The number of nitrogens with zero attached hydrogens (tertiary/aromatic N) is 2. The number of carbonyl (C=O) groups excluding carboxylic acids is 1. The molecule has 1 saturated heterocycles. The van der Waals surface area contributed by atoms with Crippen LogP contribution in [0.3, 0.4) is 0 Å². The number of thiophene rings is 1. The Bertz CT molecular complexity index is 1180. The molecule has 8 nitrogen and oxygen atoms in total. The van der Waals surface area contributed by atoms with Gasteiger partial charge in [-0.1, -0.05) is 24.3 Å². The Balaban J connectivity index is 1.39. The number of rotatable bonds is 5. The number of nitrogens with one attached hydrogen (secondary N) is 2. The van der Waals surface area contributed by atoms with E-state index in [0.717, 1.165) is 0 Å². The highest BCUT2D eigenvalue weighted by atomic mass is 32.2. The first-order valence-corrected chi connectivity index (χ1v) is 11.6. The van der Waals surface area contributed by atoms with Gasteiger partial charge < -0.3 is 4.90 Å². The topological polar surface area (TPSA) is 112 Å². The van der Waals surface area contributed by atoms with E-state index in [0.29, 0.717) is 46.6 Å². The predicted octanol–water partition coefficient (Wildman–Crippen LogP) is 1.50. The smallest absolute Gasteiger partial charge is 0.272 e. The number of fused-ring (bicyclic) bond motifs is 1. The van der Waals surface area contributed by atoms with Crippen molar-refractivity contribution in [2.45, 2.75) is 29.5 Å². The van der Waals surface area contributed by atoms with E-state index in [4.69, 9.17) is 0 Å². The van der Waals surface area contributed by atoms with Gasteiger partial charge in [0.25, 0.3) is 5.56 Å². The summed E-state index contributed by atoms with van der Waals surface area (Å²) in [6, 6.07) is 10.1. The van der Waals surface area contributed by atoms with Crippen LogP contribution in [-0.2, 0) is 21.2 Å². The third kappa shape index (κ3) is 4.24. The molecule has 152 valence electrons. The van der Waals surface area contributed by atoms with Gasteiger partial charge >= 0.3 is 0 Å². The standard InChI is InChI=1S/C19H20N4O4S2/c24-17(12-16-14-4-1-2-5-15(14)19(25)21-20-16)23-9-7-13(8-10-23)22-29(26,27)18-6-3-11-28-18/h1-6,11,13,22H,7-10,12H2,(H,21,25). The van der Waals surface area contributed by atoms with E-state index in [1.54, 1.807) is 40.6 Å². The largest absolute Gasteiger partial charge is 0.342 e. The van der Waals surface area contributed by atoms with Crippen molar-refractivity contribution in [2.24, 2.45) is 0 Å². The minimum Gasteiger partial charge on any atom is -0.342 e.